The molecule has 176 valence electrons. The van der Waals surface area contributed by atoms with Gasteiger partial charge in [-0.25, -0.2) is 23.3 Å². The van der Waals surface area contributed by atoms with Gasteiger partial charge >= 0.3 is 0 Å². The third-order valence-corrected chi connectivity index (χ3v) is 6.83. The summed E-state index contributed by atoms with van der Waals surface area (Å²) in [4.78, 5) is 23.0. The molecule has 2 aliphatic rings. The van der Waals surface area contributed by atoms with E-state index in [2.05, 4.69) is 10.1 Å². The molecule has 3 aromatic rings. The number of hydrogen-bond acceptors (Lipinski definition) is 5. The van der Waals surface area contributed by atoms with Gasteiger partial charge in [-0.3, -0.25) is 9.63 Å². The van der Waals surface area contributed by atoms with Gasteiger partial charge in [-0.2, -0.15) is 10.4 Å². The number of hydroxylamine groups is 2. The van der Waals surface area contributed by atoms with Gasteiger partial charge in [-0.1, -0.05) is 0 Å². The lowest BCUT2D eigenvalue weighted by molar-refractivity contribution is -0.183. The van der Waals surface area contributed by atoms with Crippen LogP contribution in [0.3, 0.4) is 0 Å². The average molecular weight is 466 g/mol. The van der Waals surface area contributed by atoms with E-state index in [0.29, 0.717) is 30.3 Å². The first kappa shape index (κ1) is 22.4. The molecule has 1 aliphatic heterocycles. The van der Waals surface area contributed by atoms with Crippen LogP contribution < -0.4 is 0 Å². The monoisotopic (exact) mass is 465 g/mol. The molecule has 0 radical (unpaired) electrons. The first-order valence-electron chi connectivity index (χ1n) is 11.6. The molecule has 2 aromatic heterocycles. The minimum Gasteiger partial charge on any atom is -0.272 e. The van der Waals surface area contributed by atoms with Crippen LogP contribution in [0.25, 0.3) is 5.65 Å². The van der Waals surface area contributed by atoms with E-state index in [0.717, 1.165) is 37.7 Å². The number of hydrogen-bond donors (Lipinski definition) is 0. The molecule has 0 unspecified atom stereocenters. The minimum atomic E-state index is -0.496. The fraction of sp³-hybridized carbons (Fsp3) is 0.440. The number of benzene rings is 1. The number of amides is 1. The second-order valence-electron chi connectivity index (χ2n) is 9.23. The van der Waals surface area contributed by atoms with Crippen LogP contribution in [0.1, 0.15) is 60.7 Å². The molecule has 1 aromatic carbocycles. The number of halogens is 2. The standard InChI is InChI=1S/C25H25F2N5O2/c1-15-29-24-22(27)11-18(14-31(24)30-15)8-16-2-4-19(5-3-16)25(33)32-23(6-7-34-32)20-9-17(13-28)10-21(26)12-20/h9-12,14,16,19,23H,2-8H2,1H3/t16-,19-,23-/m0/s1. The Morgan fingerprint density at radius 2 is 1.97 bits per heavy atom. The Bertz CT molecular complexity index is 1280. The number of fused-ring (bicyclic) bond motifs is 1. The normalized spacial score (nSPS) is 22.8. The number of pyridine rings is 1. The van der Waals surface area contributed by atoms with Crippen molar-refractivity contribution in [3.63, 3.8) is 0 Å². The molecule has 1 saturated heterocycles. The predicted molar refractivity (Wildman–Crippen MR) is 118 cm³/mol. The highest BCUT2D eigenvalue weighted by Gasteiger charge is 2.37. The molecule has 1 amide bonds. The van der Waals surface area contributed by atoms with Crippen molar-refractivity contribution >= 4 is 11.6 Å². The lowest BCUT2D eigenvalue weighted by Crippen LogP contribution is -2.36. The van der Waals surface area contributed by atoms with Gasteiger partial charge in [0.15, 0.2) is 11.5 Å². The average Bonchev–Trinajstić information content (AvgIpc) is 3.45. The largest absolute Gasteiger partial charge is 0.272 e. The van der Waals surface area contributed by atoms with Crippen LogP contribution >= 0.6 is 0 Å². The van der Waals surface area contributed by atoms with Gasteiger partial charge in [0.25, 0.3) is 0 Å². The van der Waals surface area contributed by atoms with E-state index < -0.39 is 11.9 Å². The Labute approximate surface area is 195 Å². The lowest BCUT2D eigenvalue weighted by atomic mass is 9.79. The van der Waals surface area contributed by atoms with Crippen molar-refractivity contribution in [2.45, 2.75) is 51.5 Å². The number of nitriles is 1. The second kappa shape index (κ2) is 9.11. The first-order valence-corrected chi connectivity index (χ1v) is 11.6. The number of carbonyl (C=O) groups is 1. The topological polar surface area (TPSA) is 83.5 Å². The quantitative estimate of drug-likeness (QED) is 0.569. The van der Waals surface area contributed by atoms with Gasteiger partial charge in [0.05, 0.1) is 24.3 Å². The number of carbonyl (C=O) groups excluding carboxylic acids is 1. The third-order valence-electron chi connectivity index (χ3n) is 6.83. The SMILES string of the molecule is Cc1nc2c(F)cc(C[C@H]3CC[C@H](C(=O)N4OCC[C@H]4c4cc(F)cc(C#N)c4)CC3)cn2n1. The predicted octanol–water partition coefficient (Wildman–Crippen LogP) is 4.44. The highest BCUT2D eigenvalue weighted by Crippen LogP contribution is 2.37. The summed E-state index contributed by atoms with van der Waals surface area (Å²) in [5.41, 5.74) is 1.91. The summed E-state index contributed by atoms with van der Waals surface area (Å²) in [5, 5.41) is 14.8. The van der Waals surface area contributed by atoms with E-state index in [9.17, 15) is 13.6 Å². The van der Waals surface area contributed by atoms with Crippen LogP contribution in [0.4, 0.5) is 8.78 Å². The molecular weight excluding hydrogens is 440 g/mol. The number of aromatic nitrogens is 3. The smallest absolute Gasteiger partial charge is 0.249 e. The molecule has 3 heterocycles. The number of aryl methyl sites for hydroxylation is 1. The maximum atomic E-state index is 14.4. The number of nitrogens with zero attached hydrogens (tertiary/aromatic N) is 5. The Balaban J connectivity index is 1.23. The molecule has 0 bridgehead atoms. The zero-order chi connectivity index (χ0) is 23.8. The molecule has 1 aliphatic carbocycles. The maximum absolute atomic E-state index is 14.4. The van der Waals surface area contributed by atoms with Crippen molar-refractivity contribution in [2.24, 2.45) is 11.8 Å². The molecule has 1 atom stereocenters. The van der Waals surface area contributed by atoms with Crippen molar-refractivity contribution in [3.8, 4) is 6.07 Å². The van der Waals surface area contributed by atoms with E-state index in [1.165, 1.54) is 27.8 Å². The van der Waals surface area contributed by atoms with Gasteiger partial charge < -0.3 is 0 Å². The summed E-state index contributed by atoms with van der Waals surface area (Å²) in [6.07, 6.45) is 6.24. The van der Waals surface area contributed by atoms with Crippen LogP contribution in [0, 0.1) is 41.7 Å². The van der Waals surface area contributed by atoms with E-state index in [-0.39, 0.29) is 28.9 Å². The Hall–Kier alpha value is -3.38. The fourth-order valence-electron chi connectivity index (χ4n) is 5.20. The molecule has 9 heteroatoms. The van der Waals surface area contributed by atoms with Crippen molar-refractivity contribution in [2.75, 3.05) is 6.61 Å². The Morgan fingerprint density at radius 1 is 1.18 bits per heavy atom. The molecule has 0 spiro atoms. The Kier molecular flexibility index (Phi) is 6.00. The maximum Gasteiger partial charge on any atom is 0.249 e. The zero-order valence-corrected chi connectivity index (χ0v) is 18.9. The van der Waals surface area contributed by atoms with E-state index in [4.69, 9.17) is 10.1 Å². The van der Waals surface area contributed by atoms with Crippen LogP contribution in [0.2, 0.25) is 0 Å². The van der Waals surface area contributed by atoms with Crippen LogP contribution in [0.15, 0.2) is 30.5 Å². The second-order valence-corrected chi connectivity index (χ2v) is 9.23. The molecule has 34 heavy (non-hydrogen) atoms. The molecule has 5 rings (SSSR count). The summed E-state index contributed by atoms with van der Waals surface area (Å²) in [7, 11) is 0. The summed E-state index contributed by atoms with van der Waals surface area (Å²) in [5.74, 6) is -0.255. The molecule has 0 N–H and O–H groups in total. The summed E-state index contributed by atoms with van der Waals surface area (Å²) >= 11 is 0. The molecular formula is C25H25F2N5O2. The third kappa shape index (κ3) is 4.38. The fourth-order valence-corrected chi connectivity index (χ4v) is 5.20. The van der Waals surface area contributed by atoms with Gasteiger partial charge in [0, 0.05) is 18.5 Å². The van der Waals surface area contributed by atoms with Crippen molar-refractivity contribution in [1.82, 2.24) is 19.7 Å². The van der Waals surface area contributed by atoms with Crippen LogP contribution in [-0.4, -0.2) is 32.2 Å². The first-order chi connectivity index (χ1) is 16.4. The molecule has 7 nitrogen and oxygen atoms in total. The van der Waals surface area contributed by atoms with Crippen molar-refractivity contribution < 1.29 is 18.4 Å². The number of rotatable bonds is 4. The van der Waals surface area contributed by atoms with Gasteiger partial charge in [0.2, 0.25) is 5.91 Å². The molecule has 2 fully saturated rings. The van der Waals surface area contributed by atoms with Gasteiger partial charge in [-0.05, 0) is 80.3 Å². The summed E-state index contributed by atoms with van der Waals surface area (Å²) in [6, 6.07) is 7.26. The highest BCUT2D eigenvalue weighted by molar-refractivity contribution is 5.78. The van der Waals surface area contributed by atoms with E-state index in [1.807, 2.05) is 12.3 Å². The Morgan fingerprint density at radius 3 is 2.74 bits per heavy atom. The minimum absolute atomic E-state index is 0.0886. The summed E-state index contributed by atoms with van der Waals surface area (Å²) < 4.78 is 29.8. The van der Waals surface area contributed by atoms with Gasteiger partial charge in [-0.15, -0.1) is 0 Å². The zero-order valence-electron chi connectivity index (χ0n) is 18.9. The lowest BCUT2D eigenvalue weighted by Gasteiger charge is -2.32. The summed E-state index contributed by atoms with van der Waals surface area (Å²) in [6.45, 7) is 2.11. The molecule has 1 saturated carbocycles. The highest BCUT2D eigenvalue weighted by atomic mass is 19.1. The van der Waals surface area contributed by atoms with E-state index in [1.54, 1.807) is 13.0 Å². The van der Waals surface area contributed by atoms with Crippen molar-refractivity contribution in [3.05, 3.63) is 64.6 Å². The van der Waals surface area contributed by atoms with Crippen LogP contribution in [0.5, 0.6) is 0 Å². The van der Waals surface area contributed by atoms with Gasteiger partial charge in [0.1, 0.15) is 11.6 Å². The van der Waals surface area contributed by atoms with Crippen LogP contribution in [-0.2, 0) is 16.1 Å². The van der Waals surface area contributed by atoms with Crippen molar-refractivity contribution in [1.29, 1.82) is 5.26 Å². The van der Waals surface area contributed by atoms with E-state index >= 15 is 0 Å².